The van der Waals surface area contributed by atoms with Crippen molar-refractivity contribution in [2.24, 2.45) is 0 Å². The van der Waals surface area contributed by atoms with Crippen LogP contribution in [0.1, 0.15) is 5.56 Å². The summed E-state index contributed by atoms with van der Waals surface area (Å²) >= 11 is 0. The summed E-state index contributed by atoms with van der Waals surface area (Å²) in [5.41, 5.74) is -1.11. The Morgan fingerprint density at radius 2 is 1.95 bits per heavy atom. The summed E-state index contributed by atoms with van der Waals surface area (Å²) in [6.45, 7) is 0. The maximum Gasteiger partial charge on any atom is 0.573 e. The van der Waals surface area contributed by atoms with Crippen LogP contribution in [-0.4, -0.2) is 31.5 Å². The Kier molecular flexibility index (Phi) is 4.41. The summed E-state index contributed by atoms with van der Waals surface area (Å²) in [6.07, 6.45) is -4.59. The minimum absolute atomic E-state index is 0.208. The van der Waals surface area contributed by atoms with Crippen LogP contribution in [0.4, 0.5) is 13.2 Å². The van der Waals surface area contributed by atoms with Crippen molar-refractivity contribution < 1.29 is 32.2 Å². The van der Waals surface area contributed by atoms with Crippen LogP contribution >= 0.6 is 0 Å². The predicted octanol–water partition coefficient (Wildman–Crippen LogP) is 0.998. The number of methoxy groups -OCH3 is 2. The van der Waals surface area contributed by atoms with Crippen LogP contribution in [0, 0.1) is 0 Å². The predicted molar refractivity (Wildman–Crippen MR) is 56.0 cm³/mol. The number of aromatic nitrogens is 1. The highest BCUT2D eigenvalue weighted by Crippen LogP contribution is 2.32. The number of aromatic amines is 1. The molecule has 1 aromatic heterocycles. The Bertz CT molecular complexity index is 523. The first-order valence-corrected chi connectivity index (χ1v) is 4.89. The second kappa shape index (κ2) is 5.63. The Morgan fingerprint density at radius 1 is 1.32 bits per heavy atom. The van der Waals surface area contributed by atoms with Gasteiger partial charge in [0.05, 0.1) is 20.6 Å². The van der Waals surface area contributed by atoms with E-state index in [0.29, 0.717) is 0 Å². The monoisotopic (exact) mass is 281 g/mol. The largest absolute Gasteiger partial charge is 0.573 e. The van der Waals surface area contributed by atoms with Gasteiger partial charge in [0.15, 0.2) is 5.75 Å². The smallest absolute Gasteiger partial charge is 0.488 e. The molecule has 0 aliphatic carbocycles. The minimum Gasteiger partial charge on any atom is -0.488 e. The second-order valence-corrected chi connectivity index (χ2v) is 3.31. The topological polar surface area (TPSA) is 77.6 Å². The van der Waals surface area contributed by atoms with Gasteiger partial charge in [0.1, 0.15) is 0 Å². The van der Waals surface area contributed by atoms with E-state index < -0.39 is 35.8 Å². The molecule has 0 saturated carbocycles. The van der Waals surface area contributed by atoms with E-state index in [1.54, 1.807) is 0 Å². The fraction of sp³-hybridized carbons (Fsp3) is 0.400. The van der Waals surface area contributed by atoms with Crippen molar-refractivity contribution in [3.8, 4) is 11.5 Å². The van der Waals surface area contributed by atoms with E-state index in [4.69, 9.17) is 0 Å². The summed E-state index contributed by atoms with van der Waals surface area (Å²) in [5, 5.41) is 0. The molecule has 19 heavy (non-hydrogen) atoms. The molecule has 1 aromatic rings. The first-order valence-electron chi connectivity index (χ1n) is 4.89. The van der Waals surface area contributed by atoms with Gasteiger partial charge in [-0.25, -0.2) is 0 Å². The van der Waals surface area contributed by atoms with Gasteiger partial charge in [0.2, 0.25) is 5.75 Å². The Labute approximate surface area is 105 Å². The molecule has 0 amide bonds. The highest BCUT2D eigenvalue weighted by atomic mass is 19.4. The molecule has 0 aliphatic heterocycles. The molecule has 0 saturated heterocycles. The zero-order valence-electron chi connectivity index (χ0n) is 9.96. The highest BCUT2D eigenvalue weighted by molar-refractivity contribution is 5.73. The Hall–Kier alpha value is -2.19. The molecule has 1 N–H and O–H groups in total. The lowest BCUT2D eigenvalue weighted by Crippen LogP contribution is -2.22. The van der Waals surface area contributed by atoms with Crippen LogP contribution in [0.2, 0.25) is 0 Å². The summed E-state index contributed by atoms with van der Waals surface area (Å²) < 4.78 is 49.5. The number of ether oxygens (including phenoxy) is 3. The molecule has 0 radical (unpaired) electrons. The van der Waals surface area contributed by atoms with Crippen molar-refractivity contribution >= 4 is 5.97 Å². The molecule has 0 fully saturated rings. The molecule has 106 valence electrons. The average Bonchev–Trinajstić information content (AvgIpc) is 2.31. The number of carbonyl (C=O) groups excluding carboxylic acids is 1. The normalized spacial score (nSPS) is 11.0. The van der Waals surface area contributed by atoms with E-state index >= 15 is 0 Å². The van der Waals surface area contributed by atoms with Gasteiger partial charge in [-0.1, -0.05) is 0 Å². The van der Waals surface area contributed by atoms with Crippen LogP contribution in [0.25, 0.3) is 0 Å². The molecule has 0 unspecified atom stereocenters. The molecule has 1 heterocycles. The van der Waals surface area contributed by atoms with Crippen molar-refractivity contribution in [2.75, 3.05) is 14.2 Å². The van der Waals surface area contributed by atoms with Gasteiger partial charge in [-0.15, -0.1) is 13.2 Å². The molecule has 1 rings (SSSR count). The fourth-order valence-corrected chi connectivity index (χ4v) is 1.30. The summed E-state index contributed by atoms with van der Waals surface area (Å²) in [4.78, 5) is 24.6. The lowest BCUT2D eigenvalue weighted by molar-refractivity contribution is -0.275. The number of hydrogen-bond donors (Lipinski definition) is 1. The average molecular weight is 281 g/mol. The number of hydrogen-bond acceptors (Lipinski definition) is 5. The molecule has 0 aliphatic rings. The highest BCUT2D eigenvalue weighted by Gasteiger charge is 2.34. The van der Waals surface area contributed by atoms with Gasteiger partial charge >= 0.3 is 12.3 Å². The van der Waals surface area contributed by atoms with Crippen LogP contribution < -0.4 is 15.0 Å². The third-order valence-corrected chi connectivity index (χ3v) is 2.07. The van der Waals surface area contributed by atoms with Crippen LogP contribution in [0.3, 0.4) is 0 Å². The minimum atomic E-state index is -5.02. The second-order valence-electron chi connectivity index (χ2n) is 3.31. The third-order valence-electron chi connectivity index (χ3n) is 2.07. The molecule has 0 bridgehead atoms. The summed E-state index contributed by atoms with van der Waals surface area (Å²) in [5.74, 6) is -2.32. The number of carbonyl (C=O) groups is 1. The third kappa shape index (κ3) is 3.90. The van der Waals surface area contributed by atoms with Crippen LogP contribution in [0.15, 0.2) is 11.0 Å². The number of halogens is 3. The maximum atomic E-state index is 12.3. The van der Waals surface area contributed by atoms with E-state index in [9.17, 15) is 22.8 Å². The van der Waals surface area contributed by atoms with Gasteiger partial charge in [-0.05, 0) is 0 Å². The number of alkyl halides is 3. The molecular weight excluding hydrogens is 271 g/mol. The fourth-order valence-electron chi connectivity index (χ4n) is 1.30. The van der Waals surface area contributed by atoms with Gasteiger partial charge in [-0.2, -0.15) is 0 Å². The molecule has 9 heteroatoms. The molecule has 0 atom stereocenters. The number of nitrogens with one attached hydrogen (secondary N) is 1. The van der Waals surface area contributed by atoms with Crippen molar-refractivity contribution in [1.29, 1.82) is 0 Å². The van der Waals surface area contributed by atoms with Gasteiger partial charge in [-0.3, -0.25) is 9.59 Å². The number of rotatable bonds is 4. The van der Waals surface area contributed by atoms with Crippen molar-refractivity contribution in [3.05, 3.63) is 22.1 Å². The maximum absolute atomic E-state index is 12.3. The van der Waals surface area contributed by atoms with Crippen molar-refractivity contribution in [2.45, 2.75) is 12.8 Å². The van der Waals surface area contributed by atoms with Gasteiger partial charge in [0, 0.05) is 11.8 Å². The zero-order chi connectivity index (χ0) is 14.6. The SMILES string of the molecule is COC(=O)Cc1c[nH]c(=O)c(OC)c1OC(F)(F)F. The van der Waals surface area contributed by atoms with Crippen LogP contribution in [0.5, 0.6) is 11.5 Å². The number of esters is 1. The van der Waals surface area contributed by atoms with E-state index in [-0.39, 0.29) is 5.56 Å². The van der Waals surface area contributed by atoms with Crippen LogP contribution in [-0.2, 0) is 16.0 Å². The standard InChI is InChI=1S/C10H10F3NO5/c1-17-6(15)3-5-4-14-9(16)8(18-2)7(5)19-10(11,12)13/h4H,3H2,1-2H3,(H,14,16). The van der Waals surface area contributed by atoms with E-state index in [1.807, 2.05) is 0 Å². The van der Waals surface area contributed by atoms with Gasteiger partial charge in [0.25, 0.3) is 5.56 Å². The molecule has 0 aromatic carbocycles. The van der Waals surface area contributed by atoms with E-state index in [1.165, 1.54) is 0 Å². The van der Waals surface area contributed by atoms with Crippen molar-refractivity contribution in [3.63, 3.8) is 0 Å². The van der Waals surface area contributed by atoms with E-state index in [0.717, 1.165) is 20.4 Å². The van der Waals surface area contributed by atoms with Gasteiger partial charge < -0.3 is 19.2 Å². The summed E-state index contributed by atoms with van der Waals surface area (Å²) in [6, 6.07) is 0. The quantitative estimate of drug-likeness (QED) is 0.833. The lowest BCUT2D eigenvalue weighted by atomic mass is 10.2. The number of H-pyrrole nitrogens is 1. The van der Waals surface area contributed by atoms with E-state index in [2.05, 4.69) is 19.2 Å². The first-order chi connectivity index (χ1) is 8.78. The number of pyridine rings is 1. The van der Waals surface area contributed by atoms with Crippen molar-refractivity contribution in [1.82, 2.24) is 4.98 Å². The first kappa shape index (κ1) is 14.9. The molecule has 6 nitrogen and oxygen atoms in total. The lowest BCUT2D eigenvalue weighted by Gasteiger charge is -2.15. The Morgan fingerprint density at radius 3 is 2.42 bits per heavy atom. The molecular formula is C10H10F3NO5. The molecule has 0 spiro atoms. The Balaban J connectivity index is 3.30. The summed E-state index contributed by atoms with van der Waals surface area (Å²) in [7, 11) is 2.09. The zero-order valence-corrected chi connectivity index (χ0v) is 9.96.